The second kappa shape index (κ2) is 7.89. The maximum atomic E-state index is 12.5. The summed E-state index contributed by atoms with van der Waals surface area (Å²) >= 11 is 0. The lowest BCUT2D eigenvalue weighted by Gasteiger charge is -2.18. The summed E-state index contributed by atoms with van der Waals surface area (Å²) in [5.74, 6) is -0.675. The van der Waals surface area contributed by atoms with Crippen molar-refractivity contribution in [3.05, 3.63) is 48.0 Å². The van der Waals surface area contributed by atoms with Gasteiger partial charge in [-0.05, 0) is 30.7 Å². The summed E-state index contributed by atoms with van der Waals surface area (Å²) in [6, 6.07) is 2.84. The molecule has 2 aromatic rings. The number of halogens is 3. The lowest BCUT2D eigenvalue weighted by Crippen LogP contribution is -2.34. The van der Waals surface area contributed by atoms with Crippen LogP contribution in [0.1, 0.15) is 30.8 Å². The van der Waals surface area contributed by atoms with Gasteiger partial charge in [-0.1, -0.05) is 6.92 Å². The Balaban J connectivity index is 2.03. The van der Waals surface area contributed by atoms with Crippen molar-refractivity contribution in [1.82, 2.24) is 14.9 Å². The van der Waals surface area contributed by atoms with Gasteiger partial charge in [0.25, 0.3) is 0 Å². The third-order valence-corrected chi connectivity index (χ3v) is 3.55. The summed E-state index contributed by atoms with van der Waals surface area (Å²) in [5.41, 5.74) is -0.621. The number of amides is 2. The Kier molecular flexibility index (Phi) is 5.86. The fraction of sp³-hybridized carbons (Fsp3) is 0.312. The van der Waals surface area contributed by atoms with Crippen molar-refractivity contribution in [2.75, 3.05) is 5.32 Å². The topological polar surface area (TPSA) is 96.3 Å². The Morgan fingerprint density at radius 1 is 1.27 bits per heavy atom. The van der Waals surface area contributed by atoms with Crippen LogP contribution in [0.3, 0.4) is 0 Å². The Bertz CT molecular complexity index is 772. The van der Waals surface area contributed by atoms with Crippen LogP contribution in [-0.2, 0) is 17.5 Å². The van der Waals surface area contributed by atoms with E-state index in [1.54, 1.807) is 6.92 Å². The number of rotatable bonds is 6. The van der Waals surface area contributed by atoms with Gasteiger partial charge in [-0.3, -0.25) is 4.79 Å². The fourth-order valence-corrected chi connectivity index (χ4v) is 2.33. The average Bonchev–Trinajstić information content (AvgIpc) is 2.99. The first-order valence-corrected chi connectivity index (χ1v) is 7.68. The number of urea groups is 1. The van der Waals surface area contributed by atoms with Gasteiger partial charge >= 0.3 is 18.2 Å². The number of alkyl halides is 3. The van der Waals surface area contributed by atoms with Crippen molar-refractivity contribution in [2.24, 2.45) is 0 Å². The SMILES string of the molecule is CCC(NC(=O)Nc1ccc(C(F)(F)F)cc1)c1nccn1CC(=O)O. The molecule has 0 fully saturated rings. The molecule has 7 nitrogen and oxygen atoms in total. The summed E-state index contributed by atoms with van der Waals surface area (Å²) in [6.07, 6.45) is -1.09. The molecule has 0 aliphatic rings. The number of nitrogens with zero attached hydrogens (tertiary/aromatic N) is 2. The molecule has 0 aliphatic heterocycles. The van der Waals surface area contributed by atoms with Crippen LogP contribution >= 0.6 is 0 Å². The van der Waals surface area contributed by atoms with E-state index in [1.165, 1.54) is 17.0 Å². The number of carbonyl (C=O) groups is 2. The number of carbonyl (C=O) groups excluding carboxylic acids is 1. The first-order chi connectivity index (χ1) is 12.2. The van der Waals surface area contributed by atoms with Crippen molar-refractivity contribution in [3.63, 3.8) is 0 Å². The molecule has 3 N–H and O–H groups in total. The van der Waals surface area contributed by atoms with Crippen molar-refractivity contribution in [2.45, 2.75) is 32.1 Å². The molecule has 2 amide bonds. The molecule has 1 heterocycles. The highest BCUT2D eigenvalue weighted by atomic mass is 19.4. The van der Waals surface area contributed by atoms with Crippen LogP contribution in [0.2, 0.25) is 0 Å². The summed E-state index contributed by atoms with van der Waals surface area (Å²) < 4.78 is 39.0. The molecule has 26 heavy (non-hydrogen) atoms. The molecule has 140 valence electrons. The minimum absolute atomic E-state index is 0.194. The molecule has 0 bridgehead atoms. The highest BCUT2D eigenvalue weighted by Gasteiger charge is 2.30. The molecule has 0 saturated carbocycles. The molecular weight excluding hydrogens is 353 g/mol. The highest BCUT2D eigenvalue weighted by molar-refractivity contribution is 5.89. The predicted molar refractivity (Wildman–Crippen MR) is 86.5 cm³/mol. The lowest BCUT2D eigenvalue weighted by molar-refractivity contribution is -0.138. The number of nitrogens with one attached hydrogen (secondary N) is 2. The van der Waals surface area contributed by atoms with Crippen molar-refractivity contribution >= 4 is 17.7 Å². The molecule has 1 unspecified atom stereocenters. The monoisotopic (exact) mass is 370 g/mol. The number of aromatic nitrogens is 2. The third kappa shape index (κ3) is 4.98. The normalized spacial score (nSPS) is 12.5. The second-order valence-electron chi connectivity index (χ2n) is 5.44. The van der Waals surface area contributed by atoms with Crippen molar-refractivity contribution in [3.8, 4) is 0 Å². The number of aliphatic carboxylic acids is 1. The van der Waals surface area contributed by atoms with Crippen LogP contribution in [0, 0.1) is 0 Å². The quantitative estimate of drug-likeness (QED) is 0.727. The van der Waals surface area contributed by atoms with E-state index >= 15 is 0 Å². The molecule has 1 aromatic carbocycles. The maximum Gasteiger partial charge on any atom is 0.416 e. The Morgan fingerprint density at radius 3 is 2.46 bits per heavy atom. The fourth-order valence-electron chi connectivity index (χ4n) is 2.33. The van der Waals surface area contributed by atoms with Crippen LogP contribution in [0.15, 0.2) is 36.7 Å². The molecule has 1 atom stereocenters. The molecule has 0 radical (unpaired) electrons. The van der Waals surface area contributed by atoms with Gasteiger partial charge in [0.2, 0.25) is 0 Å². The summed E-state index contributed by atoms with van der Waals surface area (Å²) in [4.78, 5) is 27.0. The van der Waals surface area contributed by atoms with E-state index in [9.17, 15) is 22.8 Å². The first-order valence-electron chi connectivity index (χ1n) is 7.68. The standard InChI is InChI=1S/C16H17F3N4O3/c1-2-12(14-20-7-8-23(14)9-13(24)25)22-15(26)21-11-5-3-10(4-6-11)16(17,18)19/h3-8,12H,2,9H2,1H3,(H,24,25)(H2,21,22,26). The van der Waals surface area contributed by atoms with E-state index in [0.29, 0.717) is 12.2 Å². The van der Waals surface area contributed by atoms with Crippen LogP contribution in [0.5, 0.6) is 0 Å². The maximum absolute atomic E-state index is 12.5. The van der Waals surface area contributed by atoms with Crippen molar-refractivity contribution < 1.29 is 27.9 Å². The van der Waals surface area contributed by atoms with E-state index in [1.807, 2.05) is 0 Å². The van der Waals surface area contributed by atoms with E-state index in [2.05, 4.69) is 15.6 Å². The minimum atomic E-state index is -4.45. The van der Waals surface area contributed by atoms with Gasteiger partial charge in [0.05, 0.1) is 11.6 Å². The van der Waals surface area contributed by atoms with Gasteiger partial charge in [0.1, 0.15) is 12.4 Å². The first kappa shape index (κ1) is 19.3. The Morgan fingerprint density at radius 2 is 1.92 bits per heavy atom. The zero-order valence-corrected chi connectivity index (χ0v) is 13.7. The lowest BCUT2D eigenvalue weighted by atomic mass is 10.2. The van der Waals surface area contributed by atoms with Gasteiger partial charge in [0.15, 0.2) is 0 Å². The number of carboxylic acid groups (broad SMARTS) is 1. The molecule has 2 rings (SSSR count). The van der Waals surface area contributed by atoms with Crippen molar-refractivity contribution in [1.29, 1.82) is 0 Å². The summed E-state index contributed by atoms with van der Waals surface area (Å²) in [5, 5.41) is 14.0. The van der Waals surface area contributed by atoms with Crippen LogP contribution in [-0.4, -0.2) is 26.7 Å². The molecular formula is C16H17F3N4O3. The average molecular weight is 370 g/mol. The number of hydrogen-bond donors (Lipinski definition) is 3. The third-order valence-electron chi connectivity index (χ3n) is 3.55. The largest absolute Gasteiger partial charge is 0.480 e. The molecule has 10 heteroatoms. The number of benzene rings is 1. The number of carboxylic acids is 1. The number of anilines is 1. The smallest absolute Gasteiger partial charge is 0.416 e. The zero-order valence-electron chi connectivity index (χ0n) is 13.7. The number of imidazole rings is 1. The second-order valence-corrected chi connectivity index (χ2v) is 5.44. The predicted octanol–water partition coefficient (Wildman–Crippen LogP) is 3.26. The summed E-state index contributed by atoms with van der Waals surface area (Å²) in [7, 11) is 0. The van der Waals surface area contributed by atoms with Crippen LogP contribution in [0.4, 0.5) is 23.7 Å². The van der Waals surface area contributed by atoms with Crippen LogP contribution < -0.4 is 10.6 Å². The van der Waals surface area contributed by atoms with Gasteiger partial charge in [0, 0.05) is 18.1 Å². The van der Waals surface area contributed by atoms with E-state index in [-0.39, 0.29) is 12.2 Å². The highest BCUT2D eigenvalue weighted by Crippen LogP contribution is 2.29. The summed E-state index contributed by atoms with van der Waals surface area (Å²) in [6.45, 7) is 1.48. The van der Waals surface area contributed by atoms with E-state index < -0.39 is 29.8 Å². The van der Waals surface area contributed by atoms with Gasteiger partial charge in [-0.2, -0.15) is 13.2 Å². The van der Waals surface area contributed by atoms with E-state index in [0.717, 1.165) is 24.3 Å². The van der Waals surface area contributed by atoms with E-state index in [4.69, 9.17) is 5.11 Å². The number of hydrogen-bond acceptors (Lipinski definition) is 3. The molecule has 0 saturated heterocycles. The zero-order chi connectivity index (χ0) is 19.3. The van der Waals surface area contributed by atoms with Gasteiger partial charge in [-0.25, -0.2) is 9.78 Å². The molecule has 0 aliphatic carbocycles. The molecule has 1 aromatic heterocycles. The minimum Gasteiger partial charge on any atom is -0.480 e. The Hall–Kier alpha value is -3.04. The Labute approximate surface area is 146 Å². The van der Waals surface area contributed by atoms with Crippen LogP contribution in [0.25, 0.3) is 0 Å². The molecule has 0 spiro atoms. The van der Waals surface area contributed by atoms with Gasteiger partial charge in [-0.15, -0.1) is 0 Å². The van der Waals surface area contributed by atoms with Gasteiger partial charge < -0.3 is 20.3 Å².